The summed E-state index contributed by atoms with van der Waals surface area (Å²) in [7, 11) is 0. The first-order valence-corrected chi connectivity index (χ1v) is 8.83. The van der Waals surface area contributed by atoms with Gasteiger partial charge in [-0.1, -0.05) is 12.1 Å². The molecule has 0 aliphatic heterocycles. The maximum atomic E-state index is 6.03. The lowest BCUT2D eigenvalue weighted by molar-refractivity contribution is 0.912. The molecule has 0 saturated carbocycles. The van der Waals surface area contributed by atoms with Crippen LogP contribution in [0, 0.1) is 6.92 Å². The van der Waals surface area contributed by atoms with Crippen molar-refractivity contribution in [2.75, 3.05) is 5.32 Å². The van der Waals surface area contributed by atoms with E-state index < -0.39 is 0 Å². The van der Waals surface area contributed by atoms with Crippen LogP contribution in [0.5, 0.6) is 0 Å². The molecule has 0 fully saturated rings. The van der Waals surface area contributed by atoms with Gasteiger partial charge in [0.2, 0.25) is 0 Å². The highest BCUT2D eigenvalue weighted by Crippen LogP contribution is 2.24. The molecule has 6 nitrogen and oxygen atoms in total. The number of nitrogens with one attached hydrogen (secondary N) is 1. The number of halogens is 1. The molecule has 1 aromatic carbocycles. The van der Waals surface area contributed by atoms with E-state index in [9.17, 15) is 0 Å². The van der Waals surface area contributed by atoms with E-state index in [0.29, 0.717) is 12.5 Å². The second kappa shape index (κ2) is 8.51. The summed E-state index contributed by atoms with van der Waals surface area (Å²) < 4.78 is 1.94. The van der Waals surface area contributed by atoms with Crippen LogP contribution >= 0.6 is 24.0 Å². The molecule has 0 saturated heterocycles. The number of guanidine groups is 1. The molecule has 0 bridgehead atoms. The van der Waals surface area contributed by atoms with Crippen molar-refractivity contribution in [3.05, 3.63) is 71.4 Å². The van der Waals surface area contributed by atoms with Crippen molar-refractivity contribution in [3.8, 4) is 5.82 Å². The fourth-order valence-corrected chi connectivity index (χ4v) is 3.29. The van der Waals surface area contributed by atoms with E-state index in [2.05, 4.69) is 38.5 Å². The number of pyridine rings is 1. The molecule has 4 rings (SSSR count). The Balaban J connectivity index is 0.00000210. The average Bonchev–Trinajstić information content (AvgIpc) is 3.29. The Labute approximate surface area is 176 Å². The van der Waals surface area contributed by atoms with Crippen molar-refractivity contribution in [2.45, 2.75) is 32.7 Å². The van der Waals surface area contributed by atoms with Gasteiger partial charge in [0.15, 0.2) is 5.96 Å². The largest absolute Gasteiger partial charge is 0.370 e. The number of nitrogens with zero attached hydrogens (tertiary/aromatic N) is 4. The SMILES string of the molecule is Cc1nccn1-c1ccc(CN=C(N)Nc2ccc3c(c2)CCC3)cn1.I. The summed E-state index contributed by atoms with van der Waals surface area (Å²) in [5.74, 6) is 2.17. The number of fused-ring (bicyclic) bond motifs is 1. The predicted molar refractivity (Wildman–Crippen MR) is 119 cm³/mol. The van der Waals surface area contributed by atoms with Crippen LogP contribution in [0.15, 0.2) is 53.9 Å². The van der Waals surface area contributed by atoms with Crippen LogP contribution < -0.4 is 11.1 Å². The van der Waals surface area contributed by atoms with Crippen molar-refractivity contribution >= 4 is 35.6 Å². The quantitative estimate of drug-likeness (QED) is 0.344. The van der Waals surface area contributed by atoms with E-state index in [4.69, 9.17) is 5.73 Å². The zero-order chi connectivity index (χ0) is 17.9. The van der Waals surface area contributed by atoms with E-state index >= 15 is 0 Å². The minimum absolute atomic E-state index is 0. The first kappa shape index (κ1) is 19.3. The van der Waals surface area contributed by atoms with Crippen molar-refractivity contribution in [1.82, 2.24) is 14.5 Å². The van der Waals surface area contributed by atoms with Crippen LogP contribution in [0.4, 0.5) is 5.69 Å². The lowest BCUT2D eigenvalue weighted by Gasteiger charge is -2.08. The summed E-state index contributed by atoms with van der Waals surface area (Å²) in [5, 5.41) is 3.18. The third kappa shape index (κ3) is 4.47. The third-order valence-electron chi connectivity index (χ3n) is 4.68. The molecule has 0 amide bonds. The van der Waals surface area contributed by atoms with Crippen molar-refractivity contribution in [2.24, 2.45) is 10.7 Å². The van der Waals surface area contributed by atoms with Gasteiger partial charge in [-0.05, 0) is 61.1 Å². The van der Waals surface area contributed by atoms with Gasteiger partial charge in [-0.15, -0.1) is 24.0 Å². The summed E-state index contributed by atoms with van der Waals surface area (Å²) in [5.41, 5.74) is 10.9. The molecule has 3 aromatic rings. The molecule has 2 heterocycles. The van der Waals surface area contributed by atoms with E-state index in [-0.39, 0.29) is 24.0 Å². The van der Waals surface area contributed by atoms with Gasteiger partial charge in [-0.2, -0.15) is 0 Å². The van der Waals surface area contributed by atoms with E-state index in [1.807, 2.05) is 36.0 Å². The third-order valence-corrected chi connectivity index (χ3v) is 4.68. The molecule has 1 aliphatic rings. The zero-order valence-corrected chi connectivity index (χ0v) is 17.6. The van der Waals surface area contributed by atoms with Gasteiger partial charge in [-0.3, -0.25) is 4.57 Å². The Morgan fingerprint density at radius 1 is 1.19 bits per heavy atom. The van der Waals surface area contributed by atoms with Gasteiger partial charge < -0.3 is 11.1 Å². The second-order valence-corrected chi connectivity index (χ2v) is 6.53. The summed E-state index contributed by atoms with van der Waals surface area (Å²) in [6.07, 6.45) is 9.05. The van der Waals surface area contributed by atoms with Crippen LogP contribution in [0.1, 0.15) is 28.9 Å². The maximum Gasteiger partial charge on any atom is 0.193 e. The fourth-order valence-electron chi connectivity index (χ4n) is 3.29. The Hall–Kier alpha value is -2.42. The minimum Gasteiger partial charge on any atom is -0.370 e. The lowest BCUT2D eigenvalue weighted by atomic mass is 10.1. The summed E-state index contributed by atoms with van der Waals surface area (Å²) in [4.78, 5) is 13.1. The number of aromatic nitrogens is 3. The van der Waals surface area contributed by atoms with Gasteiger partial charge in [0.05, 0.1) is 6.54 Å². The normalized spacial score (nSPS) is 13.1. The first-order chi connectivity index (χ1) is 12.7. The molecule has 1 aliphatic carbocycles. The number of hydrogen-bond donors (Lipinski definition) is 2. The topological polar surface area (TPSA) is 81.1 Å². The van der Waals surface area contributed by atoms with Crippen LogP contribution in [0.3, 0.4) is 0 Å². The van der Waals surface area contributed by atoms with E-state index in [1.165, 1.54) is 24.0 Å². The van der Waals surface area contributed by atoms with Crippen molar-refractivity contribution in [3.63, 3.8) is 0 Å². The Bertz CT molecular complexity index is 945. The highest BCUT2D eigenvalue weighted by Gasteiger charge is 2.10. The van der Waals surface area contributed by atoms with Gasteiger partial charge in [0.1, 0.15) is 11.6 Å². The number of rotatable bonds is 4. The molecular weight excluding hydrogens is 451 g/mol. The number of imidazole rings is 1. The maximum absolute atomic E-state index is 6.03. The number of aliphatic imine (C=N–C) groups is 1. The van der Waals surface area contributed by atoms with Crippen LogP contribution in [-0.2, 0) is 19.4 Å². The monoisotopic (exact) mass is 474 g/mol. The highest BCUT2D eigenvalue weighted by molar-refractivity contribution is 14.0. The highest BCUT2D eigenvalue weighted by atomic mass is 127. The Morgan fingerprint density at radius 3 is 2.78 bits per heavy atom. The first-order valence-electron chi connectivity index (χ1n) is 8.83. The summed E-state index contributed by atoms with van der Waals surface area (Å²) in [6.45, 7) is 2.44. The van der Waals surface area contributed by atoms with Gasteiger partial charge in [0.25, 0.3) is 0 Å². The standard InChI is InChI=1S/C20H22N6.HI/c1-14-22-9-10-26(14)19-8-5-15(12-23-19)13-24-20(21)25-18-7-6-16-3-2-4-17(16)11-18;/h5-12H,2-4,13H2,1H3,(H3,21,24,25);1H. The van der Waals surface area contributed by atoms with E-state index in [1.54, 1.807) is 6.20 Å². The molecule has 7 heteroatoms. The lowest BCUT2D eigenvalue weighted by Crippen LogP contribution is -2.22. The molecule has 0 radical (unpaired) electrons. The van der Waals surface area contributed by atoms with Crippen molar-refractivity contribution in [1.29, 1.82) is 0 Å². The number of benzene rings is 1. The number of hydrogen-bond acceptors (Lipinski definition) is 3. The number of nitrogens with two attached hydrogens (primary N) is 1. The smallest absolute Gasteiger partial charge is 0.193 e. The zero-order valence-electron chi connectivity index (χ0n) is 15.2. The van der Waals surface area contributed by atoms with Crippen LogP contribution in [-0.4, -0.2) is 20.5 Å². The summed E-state index contributed by atoms with van der Waals surface area (Å²) >= 11 is 0. The van der Waals surface area contributed by atoms with Gasteiger partial charge in [-0.25, -0.2) is 15.0 Å². The Morgan fingerprint density at radius 2 is 2.04 bits per heavy atom. The molecule has 0 atom stereocenters. The molecule has 27 heavy (non-hydrogen) atoms. The second-order valence-electron chi connectivity index (χ2n) is 6.53. The van der Waals surface area contributed by atoms with Crippen LogP contribution in [0.2, 0.25) is 0 Å². The predicted octanol–water partition coefficient (Wildman–Crippen LogP) is 3.61. The van der Waals surface area contributed by atoms with Gasteiger partial charge >= 0.3 is 0 Å². The Kier molecular flexibility index (Phi) is 6.10. The summed E-state index contributed by atoms with van der Waals surface area (Å²) in [6, 6.07) is 10.4. The van der Waals surface area contributed by atoms with Crippen molar-refractivity contribution < 1.29 is 0 Å². The molecule has 2 aromatic heterocycles. The molecular formula is C20H23IN6. The number of anilines is 1. The molecule has 0 unspecified atom stereocenters. The van der Waals surface area contributed by atoms with E-state index in [0.717, 1.165) is 29.3 Å². The average molecular weight is 474 g/mol. The number of aryl methyl sites for hydroxylation is 3. The molecule has 3 N–H and O–H groups in total. The van der Waals surface area contributed by atoms with Gasteiger partial charge in [0, 0.05) is 24.3 Å². The minimum atomic E-state index is 0. The fraction of sp³-hybridized carbons (Fsp3) is 0.250. The molecule has 0 spiro atoms. The van der Waals surface area contributed by atoms with Crippen LogP contribution in [0.25, 0.3) is 5.82 Å². The molecule has 140 valence electrons.